The normalized spacial score (nSPS) is 24.2. The molecule has 3 rings (SSSR count). The van der Waals surface area contributed by atoms with E-state index in [9.17, 15) is 23.1 Å². The topological polar surface area (TPSA) is 91.8 Å². The lowest BCUT2D eigenvalue weighted by atomic mass is 9.67. The quantitative estimate of drug-likeness (QED) is 0.379. The molecule has 2 aromatic carbocycles. The first kappa shape index (κ1) is 29.5. The number of likely N-dealkylation sites (tertiary alicyclic amines) is 1. The summed E-state index contributed by atoms with van der Waals surface area (Å²) in [6.45, 7) is 8.66. The Morgan fingerprint density at radius 2 is 1.68 bits per heavy atom. The third kappa shape index (κ3) is 6.50. The Morgan fingerprint density at radius 1 is 1.05 bits per heavy atom. The Morgan fingerprint density at radius 3 is 2.22 bits per heavy atom. The first-order chi connectivity index (χ1) is 17.2. The smallest absolute Gasteiger partial charge is 0.304 e. The standard InChI is InChI=1S/C28H35Cl2NO5S/c1-17(2)37(35,36)16-18(3)19(4)31-26(20-9-11-22(29)12-10-20)24(21-7-6-8-23(30)13-21)14-28(5,27(31)34)15-25(32)33/h6-13,17-19,24,26H,14-16H2,1-5H3,(H,32,33). The number of aliphatic carboxylic acids is 1. The average Bonchev–Trinajstić information content (AvgIpc) is 2.80. The van der Waals surface area contributed by atoms with Gasteiger partial charge in [0.25, 0.3) is 0 Å². The molecule has 1 N–H and O–H groups in total. The van der Waals surface area contributed by atoms with Gasteiger partial charge in [-0.15, -0.1) is 0 Å². The Hall–Kier alpha value is -2.09. The highest BCUT2D eigenvalue weighted by atomic mass is 35.5. The molecule has 1 aliphatic rings. The average molecular weight is 569 g/mol. The van der Waals surface area contributed by atoms with Gasteiger partial charge in [0.15, 0.2) is 9.84 Å². The minimum Gasteiger partial charge on any atom is -0.481 e. The molecule has 0 aliphatic carbocycles. The van der Waals surface area contributed by atoms with Crippen LogP contribution in [-0.2, 0) is 19.4 Å². The van der Waals surface area contributed by atoms with Crippen LogP contribution in [-0.4, -0.2) is 47.3 Å². The summed E-state index contributed by atoms with van der Waals surface area (Å²) in [5.74, 6) is -2.11. The van der Waals surface area contributed by atoms with E-state index < -0.39 is 44.5 Å². The molecule has 1 aliphatic heterocycles. The highest BCUT2D eigenvalue weighted by Crippen LogP contribution is 2.52. The third-order valence-corrected chi connectivity index (χ3v) is 10.5. The molecule has 1 fully saturated rings. The molecule has 202 valence electrons. The van der Waals surface area contributed by atoms with Crippen LogP contribution in [0.3, 0.4) is 0 Å². The van der Waals surface area contributed by atoms with E-state index in [0.717, 1.165) is 11.1 Å². The predicted octanol–water partition coefficient (Wildman–Crippen LogP) is 6.38. The van der Waals surface area contributed by atoms with Gasteiger partial charge in [-0.25, -0.2) is 8.42 Å². The number of sulfone groups is 1. The number of halogens is 2. The molecule has 37 heavy (non-hydrogen) atoms. The zero-order chi connectivity index (χ0) is 27.7. The van der Waals surface area contributed by atoms with Gasteiger partial charge < -0.3 is 10.0 Å². The highest BCUT2D eigenvalue weighted by molar-refractivity contribution is 7.91. The molecule has 9 heteroatoms. The van der Waals surface area contributed by atoms with Gasteiger partial charge in [-0.3, -0.25) is 9.59 Å². The lowest BCUT2D eigenvalue weighted by Gasteiger charge is -2.52. The SMILES string of the molecule is CC(CS(=O)(=O)C(C)C)C(C)N1C(=O)C(C)(CC(=O)O)CC(c2cccc(Cl)c2)C1c1ccc(Cl)cc1. The van der Waals surface area contributed by atoms with Gasteiger partial charge in [0.1, 0.15) is 0 Å². The number of carboxylic acids is 1. The second kappa shape index (κ2) is 11.3. The van der Waals surface area contributed by atoms with E-state index in [4.69, 9.17) is 23.2 Å². The van der Waals surface area contributed by atoms with Crippen molar-refractivity contribution in [2.24, 2.45) is 11.3 Å². The lowest BCUT2D eigenvalue weighted by Crippen LogP contribution is -2.57. The summed E-state index contributed by atoms with van der Waals surface area (Å²) in [6.07, 6.45) is -0.0359. The molecule has 1 amide bonds. The van der Waals surface area contributed by atoms with E-state index in [-0.39, 0.29) is 24.0 Å². The summed E-state index contributed by atoms with van der Waals surface area (Å²) in [7, 11) is -3.37. The number of hydrogen-bond acceptors (Lipinski definition) is 4. The van der Waals surface area contributed by atoms with Crippen LogP contribution >= 0.6 is 23.2 Å². The summed E-state index contributed by atoms with van der Waals surface area (Å²) in [6, 6.07) is 13.7. The Kier molecular flexibility index (Phi) is 9.03. The predicted molar refractivity (Wildman–Crippen MR) is 148 cm³/mol. The van der Waals surface area contributed by atoms with Crippen LogP contribution in [0.2, 0.25) is 10.0 Å². The van der Waals surface area contributed by atoms with E-state index in [1.54, 1.807) is 43.9 Å². The van der Waals surface area contributed by atoms with E-state index in [1.165, 1.54) is 0 Å². The number of amides is 1. The molecule has 0 aromatic heterocycles. The molecule has 1 heterocycles. The monoisotopic (exact) mass is 567 g/mol. The summed E-state index contributed by atoms with van der Waals surface area (Å²) in [4.78, 5) is 27.8. The Labute approximate surface area is 229 Å². The highest BCUT2D eigenvalue weighted by Gasteiger charge is 2.52. The minimum atomic E-state index is -3.37. The number of carbonyl (C=O) groups excluding carboxylic acids is 1. The molecule has 0 bridgehead atoms. The van der Waals surface area contributed by atoms with Crippen molar-refractivity contribution >= 4 is 44.9 Å². The van der Waals surface area contributed by atoms with Crippen molar-refractivity contribution in [1.29, 1.82) is 0 Å². The molecule has 5 atom stereocenters. The van der Waals surface area contributed by atoms with E-state index in [2.05, 4.69) is 0 Å². The van der Waals surface area contributed by atoms with Gasteiger partial charge in [-0.2, -0.15) is 0 Å². The van der Waals surface area contributed by atoms with Crippen LogP contribution in [0.15, 0.2) is 48.5 Å². The van der Waals surface area contributed by atoms with Crippen LogP contribution in [0.1, 0.15) is 70.5 Å². The van der Waals surface area contributed by atoms with Crippen LogP contribution in [0, 0.1) is 11.3 Å². The van der Waals surface area contributed by atoms with Crippen LogP contribution in [0.5, 0.6) is 0 Å². The third-order valence-electron chi connectivity index (χ3n) is 7.61. The molecular weight excluding hydrogens is 533 g/mol. The molecule has 6 nitrogen and oxygen atoms in total. The fourth-order valence-corrected chi connectivity index (χ4v) is 7.02. The lowest BCUT2D eigenvalue weighted by molar-refractivity contribution is -0.161. The maximum Gasteiger partial charge on any atom is 0.304 e. The van der Waals surface area contributed by atoms with Crippen molar-refractivity contribution in [2.45, 2.75) is 70.7 Å². The van der Waals surface area contributed by atoms with Gasteiger partial charge in [0.05, 0.1) is 28.9 Å². The van der Waals surface area contributed by atoms with Crippen molar-refractivity contribution in [1.82, 2.24) is 4.90 Å². The maximum absolute atomic E-state index is 14.2. The molecule has 0 spiro atoms. The zero-order valence-electron chi connectivity index (χ0n) is 21.8. The number of benzene rings is 2. The molecule has 5 unspecified atom stereocenters. The molecular formula is C28H35Cl2NO5S. The van der Waals surface area contributed by atoms with Crippen molar-refractivity contribution in [3.05, 3.63) is 69.7 Å². The second-order valence-electron chi connectivity index (χ2n) is 10.8. The number of nitrogens with zero attached hydrogens (tertiary/aromatic N) is 1. The maximum atomic E-state index is 14.2. The fourth-order valence-electron chi connectivity index (χ4n) is 5.30. The summed E-state index contributed by atoms with van der Waals surface area (Å²) < 4.78 is 25.6. The van der Waals surface area contributed by atoms with Crippen LogP contribution in [0.25, 0.3) is 0 Å². The largest absolute Gasteiger partial charge is 0.481 e. The Balaban J connectivity index is 2.21. The van der Waals surface area contributed by atoms with Crippen molar-refractivity contribution in [3.8, 4) is 0 Å². The zero-order valence-corrected chi connectivity index (χ0v) is 24.1. The number of rotatable bonds is 9. The number of piperidine rings is 1. The molecule has 0 saturated carbocycles. The van der Waals surface area contributed by atoms with Crippen molar-refractivity contribution in [2.75, 3.05) is 5.75 Å². The summed E-state index contributed by atoms with van der Waals surface area (Å²) >= 11 is 12.5. The van der Waals surface area contributed by atoms with Crippen molar-refractivity contribution < 1.29 is 23.1 Å². The number of carbonyl (C=O) groups is 2. The fraction of sp³-hybridized carbons (Fsp3) is 0.500. The van der Waals surface area contributed by atoms with Gasteiger partial charge >= 0.3 is 5.97 Å². The summed E-state index contributed by atoms with van der Waals surface area (Å²) in [5.41, 5.74) is 0.536. The first-order valence-corrected chi connectivity index (χ1v) is 14.9. The summed E-state index contributed by atoms with van der Waals surface area (Å²) in [5, 5.41) is 10.3. The number of hydrogen-bond donors (Lipinski definition) is 1. The van der Waals surface area contributed by atoms with Gasteiger partial charge in [-0.05, 0) is 68.5 Å². The van der Waals surface area contributed by atoms with E-state index >= 15 is 0 Å². The van der Waals surface area contributed by atoms with Gasteiger partial charge in [0.2, 0.25) is 5.91 Å². The van der Waals surface area contributed by atoms with Crippen molar-refractivity contribution in [3.63, 3.8) is 0 Å². The molecule has 1 saturated heterocycles. The van der Waals surface area contributed by atoms with Crippen LogP contribution < -0.4 is 0 Å². The molecule has 0 radical (unpaired) electrons. The Bertz CT molecular complexity index is 1250. The van der Waals surface area contributed by atoms with Gasteiger partial charge in [-0.1, -0.05) is 61.3 Å². The number of carboxylic acid groups (broad SMARTS) is 1. The first-order valence-electron chi connectivity index (χ1n) is 12.4. The second-order valence-corrected chi connectivity index (χ2v) is 14.3. The van der Waals surface area contributed by atoms with Gasteiger partial charge in [0, 0.05) is 22.0 Å². The molecule has 2 aromatic rings. The van der Waals surface area contributed by atoms with E-state index in [0.29, 0.717) is 16.5 Å². The van der Waals surface area contributed by atoms with E-state index in [1.807, 2.05) is 44.2 Å². The minimum absolute atomic E-state index is 0.0829. The van der Waals surface area contributed by atoms with Crippen LogP contribution in [0.4, 0.5) is 0 Å².